The van der Waals surface area contributed by atoms with E-state index in [4.69, 9.17) is 0 Å². The van der Waals surface area contributed by atoms with Crippen molar-refractivity contribution in [3.8, 4) is 0 Å². The molecule has 0 aromatic carbocycles. The van der Waals surface area contributed by atoms with E-state index in [1.165, 1.54) is 21.9 Å². The van der Waals surface area contributed by atoms with Crippen LogP contribution in [0.1, 0.15) is 81.1 Å². The van der Waals surface area contributed by atoms with Gasteiger partial charge in [-0.15, -0.1) is 0 Å². The quantitative estimate of drug-likeness (QED) is 0.469. The highest BCUT2D eigenvalue weighted by atomic mass is 32.2. The van der Waals surface area contributed by atoms with Gasteiger partial charge in [0.15, 0.2) is 5.16 Å². The molecule has 0 amide bonds. The van der Waals surface area contributed by atoms with Gasteiger partial charge in [-0.3, -0.25) is 0 Å². The van der Waals surface area contributed by atoms with Crippen molar-refractivity contribution in [2.24, 2.45) is 0 Å². The fraction of sp³-hybridized carbons (Fsp3) is 0.864. The molecular weight excluding hydrogens is 426 g/mol. The maximum absolute atomic E-state index is 10.6. The highest BCUT2D eigenvalue weighted by molar-refractivity contribution is 7.98. The van der Waals surface area contributed by atoms with Crippen LogP contribution in [0.25, 0.3) is 0 Å². The average Bonchev–Trinajstić information content (AvgIpc) is 2.63. The normalized spacial score (nSPS) is 26.1. The summed E-state index contributed by atoms with van der Waals surface area (Å²) in [6.45, 7) is 16.4. The van der Waals surface area contributed by atoms with Crippen molar-refractivity contribution in [2.45, 2.75) is 120 Å². The van der Waals surface area contributed by atoms with Gasteiger partial charge in [0.2, 0.25) is 11.9 Å². The van der Waals surface area contributed by atoms with Gasteiger partial charge >= 0.3 is 0 Å². The fourth-order valence-corrected chi connectivity index (χ4v) is 6.04. The summed E-state index contributed by atoms with van der Waals surface area (Å²) in [7, 11) is 0. The summed E-state index contributed by atoms with van der Waals surface area (Å²) in [6, 6.07) is 0.257. The van der Waals surface area contributed by atoms with Gasteiger partial charge in [-0.2, -0.15) is 25.1 Å². The lowest BCUT2D eigenvalue weighted by atomic mass is 9.79. The van der Waals surface area contributed by atoms with E-state index < -0.39 is 0 Å². The predicted octanol–water partition coefficient (Wildman–Crippen LogP) is 4.24. The number of thioether (sulfide) groups is 1. The highest BCUT2D eigenvalue weighted by Crippen LogP contribution is 2.39. The molecule has 32 heavy (non-hydrogen) atoms. The molecule has 0 radical (unpaired) electrons. The van der Waals surface area contributed by atoms with Gasteiger partial charge in [0.05, 0.1) is 0 Å². The third-order valence-electron chi connectivity index (χ3n) is 6.74. The number of hydrogen-bond donors (Lipinski definition) is 4. The predicted molar refractivity (Wildman–Crippen MR) is 128 cm³/mol. The number of anilines is 2. The zero-order chi connectivity index (χ0) is 24.1. The Morgan fingerprint density at radius 1 is 0.688 bits per heavy atom. The monoisotopic (exact) mass is 467 g/mol. The maximum Gasteiger partial charge on any atom is 0.228 e. The van der Waals surface area contributed by atoms with Crippen molar-refractivity contribution in [3.63, 3.8) is 0 Å². The van der Waals surface area contributed by atoms with Gasteiger partial charge in [0, 0.05) is 34.2 Å². The summed E-state index contributed by atoms with van der Waals surface area (Å²) in [5.74, 6) is 1.10. The van der Waals surface area contributed by atoms with Crippen molar-refractivity contribution < 1.29 is 10.4 Å². The summed E-state index contributed by atoms with van der Waals surface area (Å²) in [5.41, 5.74) is -1.42. The van der Waals surface area contributed by atoms with E-state index in [-0.39, 0.29) is 34.2 Å². The van der Waals surface area contributed by atoms with Crippen LogP contribution in [0.5, 0.6) is 0 Å². The molecule has 10 heteroatoms. The summed E-state index contributed by atoms with van der Waals surface area (Å²) in [6.07, 6.45) is 5.04. The van der Waals surface area contributed by atoms with Crippen molar-refractivity contribution in [3.05, 3.63) is 0 Å². The number of piperidine rings is 2. The number of hydrogen-bond acceptors (Lipinski definition) is 10. The van der Waals surface area contributed by atoms with Crippen LogP contribution in [0.4, 0.5) is 11.9 Å². The molecule has 4 N–H and O–H groups in total. The van der Waals surface area contributed by atoms with Gasteiger partial charge in [-0.25, -0.2) is 0 Å². The molecule has 0 spiro atoms. The molecule has 2 saturated heterocycles. The largest absolute Gasteiger partial charge is 0.351 e. The van der Waals surface area contributed by atoms with Crippen LogP contribution in [0.2, 0.25) is 0 Å². The van der Waals surface area contributed by atoms with Crippen LogP contribution in [0, 0.1) is 0 Å². The zero-order valence-corrected chi connectivity index (χ0v) is 21.8. The van der Waals surface area contributed by atoms with Crippen molar-refractivity contribution >= 4 is 23.7 Å². The SMILES string of the molecule is CSc1nc(NC2CC(C)(C)N(O)C(C)(C)C2)nc(NC2CC(C)(C)N(O)C(C)(C)C2)n1. The Bertz CT molecular complexity index is 732. The molecule has 0 atom stereocenters. The van der Waals surface area contributed by atoms with Crippen molar-refractivity contribution in [2.75, 3.05) is 16.9 Å². The van der Waals surface area contributed by atoms with Gasteiger partial charge in [0.1, 0.15) is 0 Å². The Morgan fingerprint density at radius 2 is 1.00 bits per heavy atom. The van der Waals surface area contributed by atoms with Crippen LogP contribution in [0.15, 0.2) is 5.16 Å². The number of aromatic nitrogens is 3. The van der Waals surface area contributed by atoms with Gasteiger partial charge < -0.3 is 21.0 Å². The summed E-state index contributed by atoms with van der Waals surface area (Å²) in [5, 5.41) is 31.8. The molecule has 1 aromatic rings. The van der Waals surface area contributed by atoms with Crippen LogP contribution in [0.3, 0.4) is 0 Å². The van der Waals surface area contributed by atoms with Gasteiger partial charge in [0.25, 0.3) is 0 Å². The van der Waals surface area contributed by atoms with E-state index in [1.807, 2.05) is 61.6 Å². The van der Waals surface area contributed by atoms with Gasteiger partial charge in [-0.1, -0.05) is 11.8 Å². The minimum atomic E-state index is -0.356. The molecule has 3 rings (SSSR count). The molecule has 2 aliphatic rings. The molecule has 2 fully saturated rings. The molecule has 0 saturated carbocycles. The topological polar surface area (TPSA) is 110 Å². The lowest BCUT2D eigenvalue weighted by molar-refractivity contribution is -0.243. The second-order valence-electron chi connectivity index (χ2n) is 11.8. The summed E-state index contributed by atoms with van der Waals surface area (Å²) >= 11 is 1.48. The first-order valence-electron chi connectivity index (χ1n) is 11.4. The Hall–Kier alpha value is -1.20. The third-order valence-corrected chi connectivity index (χ3v) is 7.29. The maximum atomic E-state index is 10.6. The molecule has 0 unspecified atom stereocenters. The van der Waals surface area contributed by atoms with Crippen LogP contribution < -0.4 is 10.6 Å². The van der Waals surface area contributed by atoms with Crippen LogP contribution in [-0.4, -0.2) is 76.0 Å². The number of nitrogens with zero attached hydrogens (tertiary/aromatic N) is 5. The van der Waals surface area contributed by atoms with E-state index in [0.717, 1.165) is 25.7 Å². The number of nitrogens with one attached hydrogen (secondary N) is 2. The number of rotatable bonds is 5. The average molecular weight is 468 g/mol. The van der Waals surface area contributed by atoms with Crippen LogP contribution in [-0.2, 0) is 0 Å². The van der Waals surface area contributed by atoms with E-state index in [1.54, 1.807) is 0 Å². The van der Waals surface area contributed by atoms with E-state index >= 15 is 0 Å². The first kappa shape index (κ1) is 25.4. The standard InChI is InChI=1S/C22H41N7O2S/c1-19(2)10-14(11-20(3,4)28(19)30)23-16-25-17(27-18(26-16)32-9)24-15-12-21(5,6)29(31)22(7,8)13-15/h14-15,30-31H,10-13H2,1-9H3,(H2,23,24,25,26,27). The lowest BCUT2D eigenvalue weighted by Gasteiger charge is -2.51. The third kappa shape index (κ3) is 5.30. The Balaban J connectivity index is 1.79. The van der Waals surface area contributed by atoms with E-state index in [0.29, 0.717) is 17.1 Å². The Morgan fingerprint density at radius 3 is 1.28 bits per heavy atom. The molecule has 1 aromatic heterocycles. The number of hydroxylamine groups is 4. The highest BCUT2D eigenvalue weighted by Gasteiger charge is 2.46. The Labute approximate surface area is 196 Å². The minimum Gasteiger partial charge on any atom is -0.351 e. The van der Waals surface area contributed by atoms with Crippen molar-refractivity contribution in [1.82, 2.24) is 25.1 Å². The second-order valence-corrected chi connectivity index (χ2v) is 12.6. The minimum absolute atomic E-state index is 0.129. The molecule has 9 nitrogen and oxygen atoms in total. The summed E-state index contributed by atoms with van der Waals surface area (Å²) < 4.78 is 0. The fourth-order valence-electron chi connectivity index (χ4n) is 5.69. The van der Waals surface area contributed by atoms with Gasteiger partial charge in [-0.05, 0) is 87.3 Å². The molecule has 3 heterocycles. The Kier molecular flexibility index (Phi) is 6.78. The molecule has 0 aliphatic carbocycles. The summed E-state index contributed by atoms with van der Waals surface area (Å²) in [4.78, 5) is 13.9. The second kappa shape index (κ2) is 8.54. The van der Waals surface area contributed by atoms with Crippen LogP contribution >= 0.6 is 11.8 Å². The van der Waals surface area contributed by atoms with E-state index in [9.17, 15) is 10.4 Å². The van der Waals surface area contributed by atoms with Crippen molar-refractivity contribution in [1.29, 1.82) is 0 Å². The molecule has 0 bridgehead atoms. The van der Waals surface area contributed by atoms with E-state index in [2.05, 4.69) is 25.6 Å². The molecule has 2 aliphatic heterocycles. The molecular formula is C22H41N7O2S. The molecule has 182 valence electrons. The first-order valence-corrected chi connectivity index (χ1v) is 12.6. The zero-order valence-electron chi connectivity index (χ0n) is 21.0. The lowest BCUT2D eigenvalue weighted by Crippen LogP contribution is -2.61. The first-order chi connectivity index (χ1) is 14.6. The smallest absolute Gasteiger partial charge is 0.228 e.